The van der Waals surface area contributed by atoms with Gasteiger partial charge in [0, 0.05) is 44.8 Å². The van der Waals surface area contributed by atoms with Crippen LogP contribution in [0.4, 0.5) is 5.69 Å². The van der Waals surface area contributed by atoms with E-state index in [-0.39, 0.29) is 17.9 Å². The van der Waals surface area contributed by atoms with Crippen molar-refractivity contribution in [3.05, 3.63) is 29.3 Å². The van der Waals surface area contributed by atoms with Crippen molar-refractivity contribution in [1.29, 1.82) is 0 Å². The molecule has 2 saturated heterocycles. The van der Waals surface area contributed by atoms with E-state index in [9.17, 15) is 9.59 Å². The minimum absolute atomic E-state index is 0.108. The monoisotopic (exact) mass is 357 g/mol. The number of carbonyl (C=O) groups is 2. The summed E-state index contributed by atoms with van der Waals surface area (Å²) in [5.74, 6) is 0.254. The van der Waals surface area contributed by atoms with Crippen molar-refractivity contribution < 1.29 is 9.59 Å². The van der Waals surface area contributed by atoms with Gasteiger partial charge in [-0.05, 0) is 50.3 Å². The van der Waals surface area contributed by atoms with Crippen LogP contribution < -0.4 is 4.90 Å². The fraction of sp³-hybridized carbons (Fsp3) is 0.619. The molecule has 2 aliphatic heterocycles. The van der Waals surface area contributed by atoms with E-state index in [1.807, 2.05) is 16.7 Å². The minimum Gasteiger partial charge on any atom is -0.368 e. The smallest absolute Gasteiger partial charge is 0.245 e. The van der Waals surface area contributed by atoms with Crippen molar-refractivity contribution in [2.75, 3.05) is 37.6 Å². The molecule has 5 nitrogen and oxygen atoms in total. The summed E-state index contributed by atoms with van der Waals surface area (Å²) in [7, 11) is 0. The second-order valence-corrected chi connectivity index (χ2v) is 7.48. The summed E-state index contributed by atoms with van der Waals surface area (Å²) in [5, 5.41) is 0. The lowest BCUT2D eigenvalue weighted by Crippen LogP contribution is -2.57. The van der Waals surface area contributed by atoms with Gasteiger partial charge in [0.15, 0.2) is 0 Å². The van der Waals surface area contributed by atoms with Gasteiger partial charge in [0.1, 0.15) is 6.04 Å². The topological polar surface area (TPSA) is 43.9 Å². The van der Waals surface area contributed by atoms with Crippen LogP contribution >= 0.6 is 0 Å². The van der Waals surface area contributed by atoms with Crippen LogP contribution in [0.1, 0.15) is 43.7 Å². The number of piperidine rings is 1. The molecule has 5 heteroatoms. The molecule has 0 spiro atoms. The van der Waals surface area contributed by atoms with E-state index in [1.54, 1.807) is 0 Å². The number of benzene rings is 1. The van der Waals surface area contributed by atoms with Gasteiger partial charge in [0.05, 0.1) is 0 Å². The summed E-state index contributed by atoms with van der Waals surface area (Å²) in [6, 6.07) is 6.16. The molecule has 2 aliphatic rings. The van der Waals surface area contributed by atoms with Gasteiger partial charge in [-0.2, -0.15) is 0 Å². The number of carbonyl (C=O) groups excluding carboxylic acids is 2. The predicted molar refractivity (Wildman–Crippen MR) is 104 cm³/mol. The quantitative estimate of drug-likeness (QED) is 0.835. The van der Waals surface area contributed by atoms with Gasteiger partial charge in [-0.1, -0.05) is 19.1 Å². The highest BCUT2D eigenvalue weighted by molar-refractivity contribution is 5.88. The molecule has 0 bridgehead atoms. The maximum atomic E-state index is 13.1. The molecule has 0 saturated carbocycles. The van der Waals surface area contributed by atoms with Gasteiger partial charge < -0.3 is 14.7 Å². The third kappa shape index (κ3) is 3.71. The van der Waals surface area contributed by atoms with E-state index in [0.717, 1.165) is 52.0 Å². The lowest BCUT2D eigenvalue weighted by molar-refractivity contribution is -0.147. The predicted octanol–water partition coefficient (Wildman–Crippen LogP) is 2.74. The molecule has 1 aromatic rings. The maximum absolute atomic E-state index is 13.1. The van der Waals surface area contributed by atoms with Crippen LogP contribution in [-0.2, 0) is 9.59 Å². The number of hydrogen-bond donors (Lipinski definition) is 0. The normalized spacial score (nSPS) is 21.0. The van der Waals surface area contributed by atoms with Gasteiger partial charge in [-0.3, -0.25) is 9.59 Å². The van der Waals surface area contributed by atoms with Crippen LogP contribution in [0.2, 0.25) is 0 Å². The Hall–Kier alpha value is -2.04. The van der Waals surface area contributed by atoms with Crippen molar-refractivity contribution in [3.63, 3.8) is 0 Å². The van der Waals surface area contributed by atoms with E-state index in [4.69, 9.17) is 0 Å². The summed E-state index contributed by atoms with van der Waals surface area (Å²) >= 11 is 0. The number of hydrogen-bond acceptors (Lipinski definition) is 3. The number of amides is 2. The largest absolute Gasteiger partial charge is 0.368 e. The lowest BCUT2D eigenvalue weighted by atomic mass is 10.00. The summed E-state index contributed by atoms with van der Waals surface area (Å²) in [5.41, 5.74) is 3.90. The van der Waals surface area contributed by atoms with Gasteiger partial charge in [-0.25, -0.2) is 0 Å². The Morgan fingerprint density at radius 1 is 1.04 bits per heavy atom. The molecule has 1 aromatic carbocycles. The Morgan fingerprint density at radius 2 is 1.77 bits per heavy atom. The summed E-state index contributed by atoms with van der Waals surface area (Å²) < 4.78 is 0. The summed E-state index contributed by atoms with van der Waals surface area (Å²) in [6.07, 6.45) is 3.33. The zero-order valence-corrected chi connectivity index (χ0v) is 16.3. The van der Waals surface area contributed by atoms with Crippen LogP contribution in [0.5, 0.6) is 0 Å². The first kappa shape index (κ1) is 18.7. The molecule has 2 amide bonds. The van der Waals surface area contributed by atoms with Crippen molar-refractivity contribution in [2.45, 2.75) is 52.5 Å². The van der Waals surface area contributed by atoms with Gasteiger partial charge in [-0.15, -0.1) is 0 Å². The molecule has 2 heterocycles. The molecule has 2 fully saturated rings. The third-order valence-corrected chi connectivity index (χ3v) is 5.92. The molecule has 3 rings (SSSR count). The third-order valence-electron chi connectivity index (χ3n) is 5.92. The molecule has 0 radical (unpaired) electrons. The average Bonchev–Trinajstić information content (AvgIpc) is 2.69. The zero-order chi connectivity index (χ0) is 18.7. The molecular formula is C21H31N3O2. The molecule has 26 heavy (non-hydrogen) atoms. The van der Waals surface area contributed by atoms with Crippen molar-refractivity contribution in [2.24, 2.45) is 0 Å². The maximum Gasteiger partial charge on any atom is 0.245 e. The summed E-state index contributed by atoms with van der Waals surface area (Å²) in [6.45, 7) is 10.1. The number of nitrogens with zero attached hydrogens (tertiary/aromatic N) is 3. The van der Waals surface area contributed by atoms with Gasteiger partial charge >= 0.3 is 0 Å². The van der Waals surface area contributed by atoms with Gasteiger partial charge in [0.25, 0.3) is 0 Å². The van der Waals surface area contributed by atoms with Crippen LogP contribution in [-0.4, -0.2) is 60.4 Å². The van der Waals surface area contributed by atoms with E-state index in [2.05, 4.69) is 36.9 Å². The van der Waals surface area contributed by atoms with Crippen LogP contribution in [0.25, 0.3) is 0 Å². The zero-order valence-electron chi connectivity index (χ0n) is 16.3. The number of piperazine rings is 1. The molecular weight excluding hydrogens is 326 g/mol. The Labute approximate surface area is 156 Å². The van der Waals surface area contributed by atoms with Crippen LogP contribution in [0, 0.1) is 13.8 Å². The highest BCUT2D eigenvalue weighted by Crippen LogP contribution is 2.25. The van der Waals surface area contributed by atoms with Crippen LogP contribution in [0.15, 0.2) is 18.2 Å². The number of rotatable bonds is 3. The second kappa shape index (κ2) is 8.11. The van der Waals surface area contributed by atoms with E-state index in [1.165, 1.54) is 16.8 Å². The number of likely N-dealkylation sites (tertiary alicyclic amines) is 1. The van der Waals surface area contributed by atoms with Crippen molar-refractivity contribution >= 4 is 17.5 Å². The minimum atomic E-state index is -0.247. The Balaban J connectivity index is 1.64. The molecule has 1 atom stereocenters. The highest BCUT2D eigenvalue weighted by atomic mass is 16.2. The van der Waals surface area contributed by atoms with Crippen LogP contribution in [0.3, 0.4) is 0 Å². The lowest BCUT2D eigenvalue weighted by Gasteiger charge is -2.41. The summed E-state index contributed by atoms with van der Waals surface area (Å²) in [4.78, 5) is 31.4. The molecule has 0 N–H and O–H groups in total. The fourth-order valence-corrected chi connectivity index (χ4v) is 4.15. The molecule has 0 aliphatic carbocycles. The van der Waals surface area contributed by atoms with Gasteiger partial charge in [0.2, 0.25) is 11.8 Å². The highest BCUT2D eigenvalue weighted by Gasteiger charge is 2.35. The van der Waals surface area contributed by atoms with E-state index < -0.39 is 0 Å². The Bertz CT molecular complexity index is 665. The van der Waals surface area contributed by atoms with E-state index in [0.29, 0.717) is 6.42 Å². The first-order chi connectivity index (χ1) is 12.5. The first-order valence-electron chi connectivity index (χ1n) is 9.92. The fourth-order valence-electron chi connectivity index (χ4n) is 4.15. The Morgan fingerprint density at radius 3 is 2.46 bits per heavy atom. The average molecular weight is 357 g/mol. The molecule has 0 unspecified atom stereocenters. The Kier molecular flexibility index (Phi) is 5.84. The number of anilines is 1. The van der Waals surface area contributed by atoms with Crippen molar-refractivity contribution in [3.8, 4) is 0 Å². The molecule has 0 aromatic heterocycles. The SMILES string of the molecule is CCC(=O)N1CCCC[C@H]1C(=O)N1CCN(c2cccc(C)c2C)CC1. The van der Waals surface area contributed by atoms with Crippen molar-refractivity contribution in [1.82, 2.24) is 9.80 Å². The van der Waals surface area contributed by atoms with E-state index >= 15 is 0 Å². The number of aryl methyl sites for hydroxylation is 1. The first-order valence-corrected chi connectivity index (χ1v) is 9.92. The molecule has 142 valence electrons. The standard InChI is InChI=1S/C21H31N3O2/c1-4-20(25)24-11-6-5-9-19(24)21(26)23-14-12-22(13-15-23)18-10-7-8-16(2)17(18)3/h7-8,10,19H,4-6,9,11-15H2,1-3H3/t19-/m0/s1. The second-order valence-electron chi connectivity index (χ2n) is 7.48.